The van der Waals surface area contributed by atoms with Crippen LogP contribution < -0.4 is 10.5 Å². The molecule has 0 saturated heterocycles. The van der Waals surface area contributed by atoms with Gasteiger partial charge >= 0.3 is 0 Å². The van der Waals surface area contributed by atoms with Gasteiger partial charge in [0.25, 0.3) is 0 Å². The number of hydrogen-bond acceptors (Lipinski definition) is 5. The molecule has 1 aliphatic rings. The second-order valence-electron chi connectivity index (χ2n) is 6.57. The van der Waals surface area contributed by atoms with Gasteiger partial charge in [-0.2, -0.15) is 5.10 Å². The molecule has 2 N–H and O–H groups in total. The lowest BCUT2D eigenvalue weighted by Crippen LogP contribution is -2.28. The van der Waals surface area contributed by atoms with Gasteiger partial charge in [0, 0.05) is 18.0 Å². The van der Waals surface area contributed by atoms with E-state index in [0.29, 0.717) is 0 Å². The predicted octanol–water partition coefficient (Wildman–Crippen LogP) is 2.83. The fraction of sp³-hybridized carbons (Fsp3) is 0.600. The third-order valence-electron chi connectivity index (χ3n) is 4.06. The van der Waals surface area contributed by atoms with E-state index < -0.39 is 0 Å². The first-order chi connectivity index (χ1) is 9.82. The lowest BCUT2D eigenvalue weighted by molar-refractivity contribution is 0.282. The van der Waals surface area contributed by atoms with Gasteiger partial charge in [0.1, 0.15) is 5.01 Å². The smallest absolute Gasteiger partial charge is 0.222 e. The van der Waals surface area contributed by atoms with E-state index in [4.69, 9.17) is 15.5 Å². The third-order valence-corrected chi connectivity index (χ3v) is 5.31. The summed E-state index contributed by atoms with van der Waals surface area (Å²) in [5, 5.41) is 5.41. The van der Waals surface area contributed by atoms with Crippen LogP contribution in [-0.2, 0) is 13.5 Å². The fourth-order valence-corrected chi connectivity index (χ4v) is 4.39. The van der Waals surface area contributed by atoms with Crippen molar-refractivity contribution in [1.29, 1.82) is 0 Å². The Morgan fingerprint density at radius 2 is 2.14 bits per heavy atom. The number of aryl methyl sites for hydroxylation is 2. The molecule has 0 fully saturated rings. The van der Waals surface area contributed by atoms with Crippen LogP contribution in [0.4, 0.5) is 0 Å². The lowest BCUT2D eigenvalue weighted by atomic mass is 9.77. The Morgan fingerprint density at radius 1 is 1.43 bits per heavy atom. The van der Waals surface area contributed by atoms with Gasteiger partial charge in [-0.3, -0.25) is 0 Å². The average Bonchev–Trinajstić information content (AvgIpc) is 2.88. The fourth-order valence-electron chi connectivity index (χ4n) is 3.22. The van der Waals surface area contributed by atoms with E-state index in [1.807, 2.05) is 14.0 Å². The highest BCUT2D eigenvalue weighted by Gasteiger charge is 2.34. The summed E-state index contributed by atoms with van der Waals surface area (Å²) in [4.78, 5) is 6.07. The average molecular weight is 306 g/mol. The molecule has 0 amide bonds. The SMILES string of the molecule is COc1c(-c2nc3c(s2)C(N)CC(C)(C)C3)c(C)nn1C. The molecule has 0 aliphatic heterocycles. The van der Waals surface area contributed by atoms with Crippen molar-refractivity contribution in [2.75, 3.05) is 7.11 Å². The van der Waals surface area contributed by atoms with Gasteiger partial charge in [-0.25, -0.2) is 9.67 Å². The van der Waals surface area contributed by atoms with E-state index in [0.717, 1.165) is 40.7 Å². The van der Waals surface area contributed by atoms with E-state index in [1.165, 1.54) is 4.88 Å². The second kappa shape index (κ2) is 4.81. The molecule has 114 valence electrons. The van der Waals surface area contributed by atoms with Crippen LogP contribution >= 0.6 is 11.3 Å². The molecule has 2 heterocycles. The second-order valence-corrected chi connectivity index (χ2v) is 7.61. The first-order valence-corrected chi connectivity index (χ1v) is 7.97. The molecule has 0 spiro atoms. The summed E-state index contributed by atoms with van der Waals surface area (Å²) in [5.74, 6) is 0.756. The van der Waals surface area contributed by atoms with E-state index in [1.54, 1.807) is 23.1 Å². The zero-order chi connectivity index (χ0) is 15.4. The van der Waals surface area contributed by atoms with E-state index in [-0.39, 0.29) is 11.5 Å². The highest BCUT2D eigenvalue weighted by molar-refractivity contribution is 7.15. The van der Waals surface area contributed by atoms with Gasteiger partial charge < -0.3 is 10.5 Å². The number of nitrogens with zero attached hydrogens (tertiary/aromatic N) is 3. The molecule has 0 saturated carbocycles. The molecule has 2 aromatic heterocycles. The number of hydrogen-bond donors (Lipinski definition) is 1. The molecular formula is C15H22N4OS. The summed E-state index contributed by atoms with van der Waals surface area (Å²) >= 11 is 1.68. The van der Waals surface area contributed by atoms with E-state index in [9.17, 15) is 0 Å². The number of rotatable bonds is 2. The summed E-state index contributed by atoms with van der Waals surface area (Å²) in [6.07, 6.45) is 1.99. The number of fused-ring (bicyclic) bond motifs is 1. The molecule has 21 heavy (non-hydrogen) atoms. The quantitative estimate of drug-likeness (QED) is 0.926. The molecule has 1 aliphatic carbocycles. The molecule has 0 bridgehead atoms. The number of nitrogens with two attached hydrogens (primary N) is 1. The van der Waals surface area contributed by atoms with Crippen molar-refractivity contribution in [2.24, 2.45) is 18.2 Å². The maximum absolute atomic E-state index is 6.35. The van der Waals surface area contributed by atoms with Crippen LogP contribution in [-0.4, -0.2) is 21.9 Å². The normalized spacial score (nSPS) is 20.4. The maximum atomic E-state index is 6.35. The first kappa shape index (κ1) is 14.5. The van der Waals surface area contributed by atoms with Crippen LogP contribution in [0.2, 0.25) is 0 Å². The Hall–Kier alpha value is -1.40. The van der Waals surface area contributed by atoms with Crippen LogP contribution in [0.3, 0.4) is 0 Å². The van der Waals surface area contributed by atoms with Gasteiger partial charge in [0.15, 0.2) is 0 Å². The molecule has 0 radical (unpaired) electrons. The van der Waals surface area contributed by atoms with Crippen LogP contribution in [0.15, 0.2) is 0 Å². The number of methoxy groups -OCH3 is 1. The summed E-state index contributed by atoms with van der Waals surface area (Å²) < 4.78 is 7.25. The molecule has 5 nitrogen and oxygen atoms in total. The van der Waals surface area contributed by atoms with Crippen LogP contribution in [0.1, 0.15) is 42.6 Å². The topological polar surface area (TPSA) is 66.0 Å². The van der Waals surface area contributed by atoms with Crippen molar-refractivity contribution < 1.29 is 4.74 Å². The highest BCUT2D eigenvalue weighted by atomic mass is 32.1. The molecule has 6 heteroatoms. The number of aromatic nitrogens is 3. The van der Waals surface area contributed by atoms with Crippen LogP contribution in [0.5, 0.6) is 5.88 Å². The van der Waals surface area contributed by atoms with Gasteiger partial charge in [0.05, 0.1) is 24.1 Å². The van der Waals surface area contributed by atoms with E-state index in [2.05, 4.69) is 18.9 Å². The Kier molecular flexibility index (Phi) is 3.33. The summed E-state index contributed by atoms with van der Waals surface area (Å²) in [6.45, 7) is 6.50. The van der Waals surface area contributed by atoms with Gasteiger partial charge in [-0.15, -0.1) is 11.3 Å². The summed E-state index contributed by atoms with van der Waals surface area (Å²) in [5.41, 5.74) is 9.63. The minimum atomic E-state index is 0.0815. The number of thiazole rings is 1. The Balaban J connectivity index is 2.11. The zero-order valence-corrected chi connectivity index (χ0v) is 14.0. The predicted molar refractivity (Wildman–Crippen MR) is 84.6 cm³/mol. The minimum Gasteiger partial charge on any atom is -0.481 e. The molecule has 3 rings (SSSR count). The van der Waals surface area contributed by atoms with Crippen molar-refractivity contribution in [2.45, 2.75) is 39.7 Å². The monoisotopic (exact) mass is 306 g/mol. The van der Waals surface area contributed by atoms with Crippen molar-refractivity contribution in [3.8, 4) is 16.5 Å². The maximum Gasteiger partial charge on any atom is 0.222 e. The van der Waals surface area contributed by atoms with Gasteiger partial charge in [0.2, 0.25) is 5.88 Å². The Labute approximate surface area is 129 Å². The molecular weight excluding hydrogens is 284 g/mol. The standard InChI is InChI=1S/C15H22N4OS/c1-8-11(14(20-5)19(4)18-8)13-17-10-7-15(2,3)6-9(16)12(10)21-13/h9H,6-7,16H2,1-5H3. The largest absolute Gasteiger partial charge is 0.481 e. The van der Waals surface area contributed by atoms with Gasteiger partial charge in [-0.05, 0) is 25.2 Å². The van der Waals surface area contributed by atoms with Crippen LogP contribution in [0.25, 0.3) is 10.6 Å². The third kappa shape index (κ3) is 2.36. The van der Waals surface area contributed by atoms with Crippen molar-refractivity contribution in [3.05, 3.63) is 16.3 Å². The summed E-state index contributed by atoms with van der Waals surface area (Å²) in [6, 6.07) is 0.0815. The number of ether oxygens (including phenoxy) is 1. The van der Waals surface area contributed by atoms with E-state index >= 15 is 0 Å². The lowest BCUT2D eigenvalue weighted by Gasteiger charge is -2.32. The molecule has 1 unspecified atom stereocenters. The summed E-state index contributed by atoms with van der Waals surface area (Å²) in [7, 11) is 3.56. The van der Waals surface area contributed by atoms with Crippen molar-refractivity contribution in [3.63, 3.8) is 0 Å². The molecule has 2 aromatic rings. The molecule has 1 atom stereocenters. The van der Waals surface area contributed by atoms with Gasteiger partial charge in [-0.1, -0.05) is 13.8 Å². The Bertz CT molecular complexity index is 686. The minimum absolute atomic E-state index is 0.0815. The zero-order valence-electron chi connectivity index (χ0n) is 13.2. The van der Waals surface area contributed by atoms with Crippen molar-refractivity contribution in [1.82, 2.24) is 14.8 Å². The Morgan fingerprint density at radius 3 is 2.81 bits per heavy atom. The first-order valence-electron chi connectivity index (χ1n) is 7.15. The van der Waals surface area contributed by atoms with Crippen molar-refractivity contribution >= 4 is 11.3 Å². The van der Waals surface area contributed by atoms with Crippen LogP contribution in [0, 0.1) is 12.3 Å². The highest BCUT2D eigenvalue weighted by Crippen LogP contribution is 2.45. The molecule has 0 aromatic carbocycles.